The van der Waals surface area contributed by atoms with Crippen LogP contribution in [0.25, 0.3) is 0 Å². The zero-order chi connectivity index (χ0) is 19.2. The molecule has 2 aliphatic rings. The smallest absolute Gasteiger partial charge is 0.167 e. The number of carbonyl (C=O) groups excluding carboxylic acids is 1. The Morgan fingerprint density at radius 2 is 1.50 bits per heavy atom. The molecule has 4 heteroatoms. The number of benzene rings is 2. The van der Waals surface area contributed by atoms with E-state index in [4.69, 9.17) is 4.74 Å². The Morgan fingerprint density at radius 1 is 0.857 bits per heavy atom. The number of morpholine rings is 1. The lowest BCUT2D eigenvalue weighted by atomic mass is 9.76. The van der Waals surface area contributed by atoms with Gasteiger partial charge in [0.05, 0.1) is 13.2 Å². The molecule has 2 fully saturated rings. The lowest BCUT2D eigenvalue weighted by Gasteiger charge is -2.39. The van der Waals surface area contributed by atoms with Crippen molar-refractivity contribution in [3.05, 3.63) is 71.8 Å². The Bertz CT molecular complexity index is 744. The van der Waals surface area contributed by atoms with Crippen molar-refractivity contribution >= 4 is 5.78 Å². The summed E-state index contributed by atoms with van der Waals surface area (Å²) in [6.07, 6.45) is 1.04. The average Bonchev–Trinajstić information content (AvgIpc) is 2.79. The molecule has 2 aromatic rings. The second kappa shape index (κ2) is 9.46. The van der Waals surface area contributed by atoms with Crippen molar-refractivity contribution in [2.24, 2.45) is 5.92 Å². The molecular formula is C24H30N2O2. The first-order valence-electron chi connectivity index (χ1n) is 10.5. The van der Waals surface area contributed by atoms with E-state index in [9.17, 15) is 4.79 Å². The lowest BCUT2D eigenvalue weighted by molar-refractivity contribution is 0.0299. The van der Waals surface area contributed by atoms with Crippen LogP contribution in [0.4, 0.5) is 0 Å². The van der Waals surface area contributed by atoms with E-state index in [1.807, 2.05) is 30.3 Å². The second-order valence-electron chi connectivity index (χ2n) is 7.90. The molecule has 0 saturated carbocycles. The molecule has 0 amide bonds. The molecule has 2 aliphatic heterocycles. The predicted molar refractivity (Wildman–Crippen MR) is 112 cm³/mol. The number of hydrogen-bond acceptors (Lipinski definition) is 4. The van der Waals surface area contributed by atoms with Crippen molar-refractivity contribution in [3.8, 4) is 0 Å². The normalized spacial score (nSPS) is 24.1. The van der Waals surface area contributed by atoms with Crippen molar-refractivity contribution in [1.82, 2.24) is 9.80 Å². The first-order valence-corrected chi connectivity index (χ1v) is 10.5. The number of carbonyl (C=O) groups is 1. The largest absolute Gasteiger partial charge is 0.379 e. The Balaban J connectivity index is 1.47. The van der Waals surface area contributed by atoms with E-state index < -0.39 is 0 Å². The summed E-state index contributed by atoms with van der Waals surface area (Å²) in [7, 11) is 0. The van der Waals surface area contributed by atoms with E-state index >= 15 is 0 Å². The summed E-state index contributed by atoms with van der Waals surface area (Å²) in [6.45, 7) is 7.71. The van der Waals surface area contributed by atoms with Crippen LogP contribution < -0.4 is 0 Å². The zero-order valence-electron chi connectivity index (χ0n) is 16.5. The number of rotatable bonds is 6. The third-order valence-electron chi connectivity index (χ3n) is 6.16. The number of ether oxygens (including phenoxy) is 1. The molecule has 0 spiro atoms. The number of Topliss-reactive ketones (excluding diaryl/α,β-unsaturated/α-hetero) is 1. The van der Waals surface area contributed by atoms with Crippen molar-refractivity contribution in [1.29, 1.82) is 0 Å². The van der Waals surface area contributed by atoms with Gasteiger partial charge in [-0.1, -0.05) is 60.7 Å². The summed E-state index contributed by atoms with van der Waals surface area (Å²) in [4.78, 5) is 18.3. The van der Waals surface area contributed by atoms with Gasteiger partial charge in [-0.3, -0.25) is 9.69 Å². The quantitative estimate of drug-likeness (QED) is 0.722. The van der Waals surface area contributed by atoms with Crippen LogP contribution in [0.1, 0.15) is 28.3 Å². The molecule has 4 rings (SSSR count). The highest BCUT2D eigenvalue weighted by atomic mass is 16.5. The molecule has 0 unspecified atom stereocenters. The van der Waals surface area contributed by atoms with Gasteiger partial charge < -0.3 is 9.64 Å². The number of likely N-dealkylation sites (tertiary alicyclic amines) is 1. The number of ketones is 1. The summed E-state index contributed by atoms with van der Waals surface area (Å²) in [6, 6.07) is 20.4. The number of hydrogen-bond donors (Lipinski definition) is 0. The molecule has 2 saturated heterocycles. The van der Waals surface area contributed by atoms with Crippen LogP contribution in [0.3, 0.4) is 0 Å². The summed E-state index contributed by atoms with van der Waals surface area (Å²) in [5.41, 5.74) is 2.13. The van der Waals surface area contributed by atoms with E-state index in [1.165, 1.54) is 5.56 Å². The molecule has 2 aromatic carbocycles. The second-order valence-corrected chi connectivity index (χ2v) is 7.90. The highest BCUT2D eigenvalue weighted by Crippen LogP contribution is 2.35. The lowest BCUT2D eigenvalue weighted by Crippen LogP contribution is -2.47. The molecule has 4 nitrogen and oxygen atoms in total. The fraction of sp³-hybridized carbons (Fsp3) is 0.458. The minimum atomic E-state index is 0.0169. The Kier molecular flexibility index (Phi) is 6.53. The van der Waals surface area contributed by atoms with Crippen LogP contribution in [-0.2, 0) is 4.74 Å². The van der Waals surface area contributed by atoms with E-state index in [-0.39, 0.29) is 11.7 Å². The molecule has 0 radical (unpaired) electrons. The standard InChI is InChI=1S/C24H30N2O2/c27-24(21-9-5-2-6-10-21)23-19-26(14-13-25-15-17-28-18-16-25)12-11-22(23)20-7-3-1-4-8-20/h1-10,22-23H,11-19H2/t22-,23-/m1/s1. The molecule has 2 atom stereocenters. The third-order valence-corrected chi connectivity index (χ3v) is 6.16. The number of piperidine rings is 1. The van der Waals surface area contributed by atoms with E-state index in [0.717, 1.165) is 64.5 Å². The van der Waals surface area contributed by atoms with Crippen LogP contribution in [0, 0.1) is 5.92 Å². The SMILES string of the molecule is O=C(c1ccccc1)[C@@H]1CN(CCN2CCOCC2)CC[C@@H]1c1ccccc1. The van der Waals surface area contributed by atoms with Gasteiger partial charge in [-0.05, 0) is 24.4 Å². The maximum absolute atomic E-state index is 13.4. The maximum Gasteiger partial charge on any atom is 0.167 e. The third kappa shape index (κ3) is 4.69. The summed E-state index contributed by atoms with van der Waals surface area (Å²) >= 11 is 0. The Hall–Kier alpha value is -2.01. The Morgan fingerprint density at radius 3 is 2.21 bits per heavy atom. The van der Waals surface area contributed by atoms with E-state index in [2.05, 4.69) is 40.1 Å². The van der Waals surface area contributed by atoms with Gasteiger partial charge in [0.2, 0.25) is 0 Å². The number of nitrogens with zero attached hydrogens (tertiary/aromatic N) is 2. The molecule has 0 N–H and O–H groups in total. The van der Waals surface area contributed by atoms with Crippen LogP contribution in [0.15, 0.2) is 60.7 Å². The van der Waals surface area contributed by atoms with Gasteiger partial charge in [-0.15, -0.1) is 0 Å². The fourth-order valence-electron chi connectivity index (χ4n) is 4.51. The summed E-state index contributed by atoms with van der Waals surface area (Å²) in [5.74, 6) is 0.599. The predicted octanol–water partition coefficient (Wildman–Crippen LogP) is 3.31. The van der Waals surface area contributed by atoms with Crippen LogP contribution in [-0.4, -0.2) is 68.1 Å². The molecular weight excluding hydrogens is 348 g/mol. The minimum absolute atomic E-state index is 0.0169. The van der Waals surface area contributed by atoms with Crippen LogP contribution in [0.2, 0.25) is 0 Å². The summed E-state index contributed by atoms with van der Waals surface area (Å²) < 4.78 is 5.45. The summed E-state index contributed by atoms with van der Waals surface area (Å²) in [5, 5.41) is 0. The topological polar surface area (TPSA) is 32.8 Å². The molecule has 2 heterocycles. The van der Waals surface area contributed by atoms with Crippen molar-refractivity contribution < 1.29 is 9.53 Å². The molecule has 148 valence electrons. The monoisotopic (exact) mass is 378 g/mol. The van der Waals surface area contributed by atoms with Gasteiger partial charge in [-0.2, -0.15) is 0 Å². The van der Waals surface area contributed by atoms with Gasteiger partial charge in [0.25, 0.3) is 0 Å². The first kappa shape index (κ1) is 19.3. The van der Waals surface area contributed by atoms with Gasteiger partial charge in [-0.25, -0.2) is 0 Å². The van der Waals surface area contributed by atoms with Crippen LogP contribution >= 0.6 is 0 Å². The van der Waals surface area contributed by atoms with Crippen molar-refractivity contribution in [2.75, 3.05) is 52.5 Å². The fourth-order valence-corrected chi connectivity index (χ4v) is 4.51. The maximum atomic E-state index is 13.4. The highest BCUT2D eigenvalue weighted by Gasteiger charge is 2.35. The van der Waals surface area contributed by atoms with Gasteiger partial charge in [0.15, 0.2) is 5.78 Å². The Labute approximate surface area is 168 Å². The van der Waals surface area contributed by atoms with Gasteiger partial charge in [0, 0.05) is 44.2 Å². The van der Waals surface area contributed by atoms with Crippen LogP contribution in [0.5, 0.6) is 0 Å². The van der Waals surface area contributed by atoms with Gasteiger partial charge in [0.1, 0.15) is 0 Å². The molecule has 0 aromatic heterocycles. The minimum Gasteiger partial charge on any atom is -0.379 e. The van der Waals surface area contributed by atoms with E-state index in [0.29, 0.717) is 5.92 Å². The van der Waals surface area contributed by atoms with Gasteiger partial charge >= 0.3 is 0 Å². The van der Waals surface area contributed by atoms with Crippen molar-refractivity contribution in [2.45, 2.75) is 12.3 Å². The molecule has 0 bridgehead atoms. The molecule has 28 heavy (non-hydrogen) atoms. The van der Waals surface area contributed by atoms with Crippen molar-refractivity contribution in [3.63, 3.8) is 0 Å². The first-order chi connectivity index (χ1) is 13.8. The molecule has 0 aliphatic carbocycles. The zero-order valence-corrected chi connectivity index (χ0v) is 16.5. The van der Waals surface area contributed by atoms with E-state index in [1.54, 1.807) is 0 Å². The average molecular weight is 379 g/mol. The highest BCUT2D eigenvalue weighted by molar-refractivity contribution is 5.98.